The normalized spacial score (nSPS) is 19.8. The van der Waals surface area contributed by atoms with Crippen molar-refractivity contribution in [2.24, 2.45) is 0 Å². The van der Waals surface area contributed by atoms with Crippen molar-refractivity contribution in [2.45, 2.75) is 58.2 Å². The Kier molecular flexibility index (Phi) is 6.54. The van der Waals surface area contributed by atoms with Crippen molar-refractivity contribution in [1.29, 1.82) is 0 Å². The lowest BCUT2D eigenvalue weighted by Gasteiger charge is -2.42. The van der Waals surface area contributed by atoms with E-state index in [1.807, 2.05) is 12.1 Å². The molecule has 0 N–H and O–H groups in total. The Hall–Kier alpha value is -2.22. The van der Waals surface area contributed by atoms with Crippen LogP contribution in [-0.4, -0.2) is 64.7 Å². The molecule has 33 heavy (non-hydrogen) atoms. The molecule has 2 aliphatic rings. The second-order valence-electron chi connectivity index (χ2n) is 9.59. The number of rotatable bonds is 6. The van der Waals surface area contributed by atoms with Crippen LogP contribution in [0.5, 0.6) is 5.75 Å². The van der Waals surface area contributed by atoms with Crippen LogP contribution in [0.15, 0.2) is 35.4 Å². The second-order valence-corrected chi connectivity index (χ2v) is 10.7. The Morgan fingerprint density at radius 3 is 2.61 bits per heavy atom. The van der Waals surface area contributed by atoms with E-state index >= 15 is 0 Å². The molecule has 1 aliphatic carbocycles. The zero-order chi connectivity index (χ0) is 22.9. The Morgan fingerprint density at radius 2 is 1.91 bits per heavy atom. The fourth-order valence-electron chi connectivity index (χ4n) is 5.32. The summed E-state index contributed by atoms with van der Waals surface area (Å²) in [6.45, 7) is 9.84. The summed E-state index contributed by atoms with van der Waals surface area (Å²) in [6, 6.07) is 9.28. The van der Waals surface area contributed by atoms with Crippen LogP contribution in [-0.2, 0) is 25.8 Å². The molecule has 0 saturated carbocycles. The summed E-state index contributed by atoms with van der Waals surface area (Å²) >= 11 is 1.74. The Balaban J connectivity index is 1.30. The number of thiophene rings is 1. The number of methoxy groups -OCH3 is 1. The lowest BCUT2D eigenvalue weighted by Crippen LogP contribution is -2.53. The predicted octanol–water partition coefficient (Wildman–Crippen LogP) is 3.59. The average Bonchev–Trinajstić information content (AvgIpc) is 3.22. The first-order valence-electron chi connectivity index (χ1n) is 12.1. The van der Waals surface area contributed by atoms with Crippen molar-refractivity contribution in [3.63, 3.8) is 0 Å². The molecule has 0 radical (unpaired) electrons. The minimum atomic E-state index is 0.120. The lowest BCUT2D eigenvalue weighted by molar-refractivity contribution is 0.0735. The third kappa shape index (κ3) is 4.59. The molecule has 7 heteroatoms. The number of aromatic nitrogens is 2. The maximum absolute atomic E-state index is 13.4. The van der Waals surface area contributed by atoms with Crippen LogP contribution in [0.1, 0.15) is 36.3 Å². The van der Waals surface area contributed by atoms with E-state index in [4.69, 9.17) is 9.72 Å². The van der Waals surface area contributed by atoms with Crippen molar-refractivity contribution < 1.29 is 4.74 Å². The van der Waals surface area contributed by atoms with Gasteiger partial charge in [-0.05, 0) is 62.8 Å². The van der Waals surface area contributed by atoms with E-state index in [0.717, 1.165) is 67.8 Å². The third-order valence-corrected chi connectivity index (χ3v) is 8.57. The van der Waals surface area contributed by atoms with Crippen molar-refractivity contribution in [3.8, 4) is 5.75 Å². The second kappa shape index (κ2) is 9.57. The highest BCUT2D eigenvalue weighted by Gasteiger charge is 2.30. The lowest BCUT2D eigenvalue weighted by atomic mass is 9.91. The molecule has 1 aliphatic heterocycles. The Bertz CT molecular complexity index is 1160. The van der Waals surface area contributed by atoms with E-state index in [2.05, 4.69) is 35.8 Å². The standard InChI is InChI=1S/C26H34N4O2S/c1-18(2)28-12-14-29(15-13-28)20-6-9-22-23(16-20)33-25-24(22)26(31)30(17-27-25)11-10-19-4-7-21(32-3)8-5-19/h4-5,7-8,17-18,20H,6,9-16H2,1-3H3. The first kappa shape index (κ1) is 22.6. The van der Waals surface area contributed by atoms with Gasteiger partial charge in [-0.1, -0.05) is 12.1 Å². The van der Waals surface area contributed by atoms with Gasteiger partial charge in [0.25, 0.3) is 5.56 Å². The highest BCUT2D eigenvalue weighted by molar-refractivity contribution is 7.18. The SMILES string of the molecule is COc1ccc(CCn2cnc3sc4c(c3c2=O)CCC(N2CCN(C(C)C)CC2)C4)cc1. The molecule has 176 valence electrons. The highest BCUT2D eigenvalue weighted by atomic mass is 32.1. The van der Waals surface area contributed by atoms with Crippen LogP contribution >= 0.6 is 11.3 Å². The number of hydrogen-bond acceptors (Lipinski definition) is 6. The minimum Gasteiger partial charge on any atom is -0.497 e. The summed E-state index contributed by atoms with van der Waals surface area (Å²) in [6.07, 6.45) is 5.72. The van der Waals surface area contributed by atoms with Gasteiger partial charge in [0.15, 0.2) is 0 Å². The summed E-state index contributed by atoms with van der Waals surface area (Å²) in [5.74, 6) is 0.851. The maximum atomic E-state index is 13.4. The summed E-state index contributed by atoms with van der Waals surface area (Å²) < 4.78 is 7.02. The first-order valence-corrected chi connectivity index (χ1v) is 13.0. The van der Waals surface area contributed by atoms with E-state index in [9.17, 15) is 4.79 Å². The molecule has 1 unspecified atom stereocenters. The van der Waals surface area contributed by atoms with E-state index in [1.165, 1.54) is 16.0 Å². The predicted molar refractivity (Wildman–Crippen MR) is 135 cm³/mol. The van der Waals surface area contributed by atoms with Crippen LogP contribution in [0.25, 0.3) is 10.2 Å². The van der Waals surface area contributed by atoms with Gasteiger partial charge in [-0.3, -0.25) is 19.2 Å². The molecule has 0 spiro atoms. The van der Waals surface area contributed by atoms with Crippen LogP contribution in [0.2, 0.25) is 0 Å². The number of aryl methyl sites for hydroxylation is 3. The van der Waals surface area contributed by atoms with Crippen molar-refractivity contribution in [2.75, 3.05) is 33.3 Å². The monoisotopic (exact) mass is 466 g/mol. The minimum absolute atomic E-state index is 0.120. The van der Waals surface area contributed by atoms with Crippen molar-refractivity contribution in [1.82, 2.24) is 19.4 Å². The zero-order valence-corrected chi connectivity index (χ0v) is 20.7. The topological polar surface area (TPSA) is 50.6 Å². The van der Waals surface area contributed by atoms with Gasteiger partial charge in [0, 0.05) is 49.7 Å². The Labute approximate surface area is 199 Å². The van der Waals surface area contributed by atoms with E-state index < -0.39 is 0 Å². The molecule has 5 rings (SSSR count). The molecule has 1 fully saturated rings. The summed E-state index contributed by atoms with van der Waals surface area (Å²) in [7, 11) is 1.67. The van der Waals surface area contributed by atoms with Gasteiger partial charge >= 0.3 is 0 Å². The van der Waals surface area contributed by atoms with Crippen LogP contribution in [0.4, 0.5) is 0 Å². The zero-order valence-electron chi connectivity index (χ0n) is 19.9. The van der Waals surface area contributed by atoms with Gasteiger partial charge in [-0.2, -0.15) is 0 Å². The molecule has 0 amide bonds. The molecule has 6 nitrogen and oxygen atoms in total. The van der Waals surface area contributed by atoms with Gasteiger partial charge in [0.1, 0.15) is 10.6 Å². The third-order valence-electron chi connectivity index (χ3n) is 7.41. The molecular weight excluding hydrogens is 432 g/mol. The maximum Gasteiger partial charge on any atom is 0.262 e. The molecule has 0 bridgehead atoms. The number of ether oxygens (including phenoxy) is 1. The molecule has 3 aromatic rings. The molecule has 1 saturated heterocycles. The highest BCUT2D eigenvalue weighted by Crippen LogP contribution is 2.35. The van der Waals surface area contributed by atoms with Gasteiger partial charge in [-0.25, -0.2) is 4.98 Å². The van der Waals surface area contributed by atoms with Crippen molar-refractivity contribution in [3.05, 3.63) is 57.0 Å². The number of benzene rings is 1. The quantitative estimate of drug-likeness (QED) is 0.556. The largest absolute Gasteiger partial charge is 0.497 e. The molecule has 3 heterocycles. The molecular formula is C26H34N4O2S. The summed E-state index contributed by atoms with van der Waals surface area (Å²) in [4.78, 5) is 25.6. The Morgan fingerprint density at radius 1 is 1.15 bits per heavy atom. The fourth-order valence-corrected chi connectivity index (χ4v) is 6.56. The number of nitrogens with zero attached hydrogens (tertiary/aromatic N) is 4. The van der Waals surface area contributed by atoms with E-state index in [0.29, 0.717) is 18.6 Å². The van der Waals surface area contributed by atoms with E-state index in [1.54, 1.807) is 29.3 Å². The average molecular weight is 467 g/mol. The molecule has 2 aromatic heterocycles. The van der Waals surface area contributed by atoms with Crippen LogP contribution < -0.4 is 10.3 Å². The fraction of sp³-hybridized carbons (Fsp3) is 0.538. The summed E-state index contributed by atoms with van der Waals surface area (Å²) in [5, 5.41) is 0.871. The van der Waals surface area contributed by atoms with Gasteiger partial charge in [0.05, 0.1) is 18.8 Å². The van der Waals surface area contributed by atoms with Crippen LogP contribution in [0, 0.1) is 0 Å². The number of fused-ring (bicyclic) bond motifs is 3. The first-order chi connectivity index (χ1) is 16.0. The molecule has 1 aromatic carbocycles. The molecule has 1 atom stereocenters. The smallest absolute Gasteiger partial charge is 0.262 e. The van der Waals surface area contributed by atoms with Crippen LogP contribution in [0.3, 0.4) is 0 Å². The van der Waals surface area contributed by atoms with E-state index in [-0.39, 0.29) is 5.56 Å². The number of piperazine rings is 1. The summed E-state index contributed by atoms with van der Waals surface area (Å²) in [5.41, 5.74) is 2.58. The van der Waals surface area contributed by atoms with Gasteiger partial charge in [-0.15, -0.1) is 11.3 Å². The van der Waals surface area contributed by atoms with Gasteiger partial charge in [0.2, 0.25) is 0 Å². The number of hydrogen-bond donors (Lipinski definition) is 0. The van der Waals surface area contributed by atoms with Crippen molar-refractivity contribution >= 4 is 21.6 Å². The van der Waals surface area contributed by atoms with Gasteiger partial charge < -0.3 is 4.74 Å².